The quantitative estimate of drug-likeness (QED) is 0.822. The molecule has 0 amide bonds. The van der Waals surface area contributed by atoms with Crippen molar-refractivity contribution in [3.05, 3.63) is 46.6 Å². The summed E-state index contributed by atoms with van der Waals surface area (Å²) >= 11 is 5.81. The molecule has 0 saturated carbocycles. The Bertz CT molecular complexity index is 742. The van der Waals surface area contributed by atoms with Crippen LogP contribution in [0.1, 0.15) is 43.7 Å². The van der Waals surface area contributed by atoms with E-state index in [2.05, 4.69) is 14.9 Å². The molecule has 8 heteroatoms. The van der Waals surface area contributed by atoms with Gasteiger partial charge in [0, 0.05) is 11.9 Å². The second-order valence-electron chi connectivity index (χ2n) is 5.84. The molecule has 1 aromatic heterocycles. The van der Waals surface area contributed by atoms with Crippen LogP contribution in [0.25, 0.3) is 0 Å². The van der Waals surface area contributed by atoms with Gasteiger partial charge in [-0.1, -0.05) is 37.6 Å². The summed E-state index contributed by atoms with van der Waals surface area (Å²) in [5, 5.41) is 8.28. The van der Waals surface area contributed by atoms with Gasteiger partial charge in [-0.3, -0.25) is 0 Å². The van der Waals surface area contributed by atoms with Crippen molar-refractivity contribution < 1.29 is 12.8 Å². The molecule has 126 valence electrons. The van der Waals surface area contributed by atoms with E-state index in [-0.39, 0.29) is 17.6 Å². The second kappa shape index (κ2) is 7.42. The zero-order valence-corrected chi connectivity index (χ0v) is 14.9. The summed E-state index contributed by atoms with van der Waals surface area (Å²) < 4.78 is 32.9. The van der Waals surface area contributed by atoms with Gasteiger partial charge in [0.2, 0.25) is 21.8 Å². The number of rotatable bonds is 7. The minimum absolute atomic E-state index is 0.133. The van der Waals surface area contributed by atoms with E-state index in [0.29, 0.717) is 22.9 Å². The van der Waals surface area contributed by atoms with Crippen LogP contribution in [-0.4, -0.2) is 18.6 Å². The fraction of sp³-hybridized carbons (Fsp3) is 0.467. The molecular formula is C15H20ClN3O3S. The van der Waals surface area contributed by atoms with E-state index in [1.807, 2.05) is 13.8 Å². The van der Waals surface area contributed by atoms with Gasteiger partial charge in [-0.25, -0.2) is 13.1 Å². The first-order valence-electron chi connectivity index (χ1n) is 7.29. The lowest BCUT2D eigenvalue weighted by Gasteiger charge is -2.17. The molecule has 2 rings (SSSR count). The largest absolute Gasteiger partial charge is 0.424 e. The topological polar surface area (TPSA) is 85.1 Å². The number of hydrogen-bond acceptors (Lipinski definition) is 5. The van der Waals surface area contributed by atoms with Crippen molar-refractivity contribution in [2.45, 2.75) is 39.0 Å². The van der Waals surface area contributed by atoms with Crippen molar-refractivity contribution in [3.63, 3.8) is 0 Å². The lowest BCUT2D eigenvalue weighted by atomic mass is 10.0. The molecule has 0 spiro atoms. The highest BCUT2D eigenvalue weighted by Crippen LogP contribution is 2.22. The van der Waals surface area contributed by atoms with Gasteiger partial charge in [0.25, 0.3) is 0 Å². The van der Waals surface area contributed by atoms with Crippen molar-refractivity contribution in [1.82, 2.24) is 14.9 Å². The van der Waals surface area contributed by atoms with Gasteiger partial charge in [-0.05, 0) is 30.0 Å². The Hall–Kier alpha value is -1.44. The molecule has 0 saturated heterocycles. The van der Waals surface area contributed by atoms with E-state index in [1.54, 1.807) is 31.2 Å². The average molecular weight is 358 g/mol. The molecule has 1 heterocycles. The van der Waals surface area contributed by atoms with Crippen LogP contribution in [0.3, 0.4) is 0 Å². The summed E-state index contributed by atoms with van der Waals surface area (Å²) in [6, 6.07) is 6.18. The number of aryl methyl sites for hydroxylation is 1. The van der Waals surface area contributed by atoms with Gasteiger partial charge in [0.15, 0.2) is 0 Å². The van der Waals surface area contributed by atoms with E-state index in [9.17, 15) is 8.42 Å². The highest BCUT2D eigenvalue weighted by atomic mass is 35.5. The average Bonchev–Trinajstić information content (AvgIpc) is 2.86. The van der Waals surface area contributed by atoms with Crippen LogP contribution in [0.5, 0.6) is 0 Å². The SMILES string of the molecule is Cc1nnc(C(CC(C)C)NS(=O)(=O)Cc2ccc(Cl)cc2)o1. The highest BCUT2D eigenvalue weighted by Gasteiger charge is 2.25. The molecule has 1 atom stereocenters. The summed E-state index contributed by atoms with van der Waals surface area (Å²) in [6.45, 7) is 5.68. The van der Waals surface area contributed by atoms with E-state index >= 15 is 0 Å². The third-order valence-electron chi connectivity index (χ3n) is 3.14. The normalized spacial score (nSPS) is 13.4. The first-order valence-corrected chi connectivity index (χ1v) is 9.32. The zero-order valence-electron chi connectivity index (χ0n) is 13.3. The number of nitrogens with one attached hydrogen (secondary N) is 1. The lowest BCUT2D eigenvalue weighted by Crippen LogP contribution is -2.31. The number of aromatic nitrogens is 2. The third kappa shape index (κ3) is 5.60. The fourth-order valence-corrected chi connectivity index (χ4v) is 3.65. The molecule has 0 bridgehead atoms. The molecule has 1 N–H and O–H groups in total. The first-order chi connectivity index (χ1) is 10.7. The van der Waals surface area contributed by atoms with E-state index in [1.165, 1.54) is 0 Å². The molecule has 0 fully saturated rings. The van der Waals surface area contributed by atoms with Crippen LogP contribution < -0.4 is 4.72 Å². The molecule has 0 aliphatic heterocycles. The number of nitrogens with zero attached hydrogens (tertiary/aromatic N) is 2. The maximum atomic E-state index is 12.4. The first kappa shape index (κ1) is 17.9. The van der Waals surface area contributed by atoms with Crippen molar-refractivity contribution in [1.29, 1.82) is 0 Å². The predicted octanol–water partition coefficient (Wildman–Crippen LogP) is 3.24. The van der Waals surface area contributed by atoms with Crippen molar-refractivity contribution in [3.8, 4) is 0 Å². The van der Waals surface area contributed by atoms with Crippen LogP contribution in [0.2, 0.25) is 5.02 Å². The van der Waals surface area contributed by atoms with Gasteiger partial charge in [0.1, 0.15) is 6.04 Å². The predicted molar refractivity (Wildman–Crippen MR) is 88.4 cm³/mol. The Balaban J connectivity index is 2.15. The molecule has 1 unspecified atom stereocenters. The summed E-state index contributed by atoms with van der Waals surface area (Å²) in [5.74, 6) is 0.832. The van der Waals surface area contributed by atoms with Crippen LogP contribution in [0.4, 0.5) is 0 Å². The Kier molecular flexibility index (Phi) is 5.78. The number of halogens is 1. The summed E-state index contributed by atoms with van der Waals surface area (Å²) in [6.07, 6.45) is 0.571. The Morgan fingerprint density at radius 1 is 1.22 bits per heavy atom. The van der Waals surface area contributed by atoms with E-state index in [4.69, 9.17) is 16.0 Å². The second-order valence-corrected chi connectivity index (χ2v) is 8.04. The number of hydrogen-bond donors (Lipinski definition) is 1. The fourth-order valence-electron chi connectivity index (χ4n) is 2.18. The standard InChI is InChI=1S/C15H20ClN3O3S/c1-10(2)8-14(15-18-17-11(3)22-15)19-23(20,21)9-12-4-6-13(16)7-5-12/h4-7,10,14,19H,8-9H2,1-3H3. The zero-order chi connectivity index (χ0) is 17.0. The molecular weight excluding hydrogens is 338 g/mol. The molecule has 23 heavy (non-hydrogen) atoms. The van der Waals surface area contributed by atoms with E-state index in [0.717, 1.165) is 0 Å². The number of sulfonamides is 1. The van der Waals surface area contributed by atoms with Gasteiger partial charge < -0.3 is 4.42 Å². The monoisotopic (exact) mass is 357 g/mol. The Labute approximate surface area is 141 Å². The van der Waals surface area contributed by atoms with E-state index < -0.39 is 16.1 Å². The maximum absolute atomic E-state index is 12.4. The molecule has 0 aliphatic carbocycles. The van der Waals surface area contributed by atoms with Crippen molar-refractivity contribution in [2.75, 3.05) is 0 Å². The maximum Gasteiger partial charge on any atom is 0.234 e. The highest BCUT2D eigenvalue weighted by molar-refractivity contribution is 7.88. The van der Waals surface area contributed by atoms with Gasteiger partial charge >= 0.3 is 0 Å². The molecule has 1 aromatic carbocycles. The van der Waals surface area contributed by atoms with Crippen molar-refractivity contribution in [2.24, 2.45) is 5.92 Å². The molecule has 0 radical (unpaired) electrons. The van der Waals surface area contributed by atoms with Gasteiger partial charge in [-0.15, -0.1) is 10.2 Å². The summed E-state index contributed by atoms with van der Waals surface area (Å²) in [4.78, 5) is 0. The summed E-state index contributed by atoms with van der Waals surface area (Å²) in [7, 11) is -3.55. The number of benzene rings is 1. The third-order valence-corrected chi connectivity index (χ3v) is 4.75. The summed E-state index contributed by atoms with van der Waals surface area (Å²) in [5.41, 5.74) is 0.659. The van der Waals surface area contributed by atoms with Crippen LogP contribution in [0.15, 0.2) is 28.7 Å². The minimum Gasteiger partial charge on any atom is -0.424 e. The van der Waals surface area contributed by atoms with Crippen LogP contribution in [-0.2, 0) is 15.8 Å². The van der Waals surface area contributed by atoms with Crippen molar-refractivity contribution >= 4 is 21.6 Å². The Morgan fingerprint density at radius 2 is 1.87 bits per heavy atom. The Morgan fingerprint density at radius 3 is 2.39 bits per heavy atom. The smallest absolute Gasteiger partial charge is 0.234 e. The van der Waals surface area contributed by atoms with Crippen LogP contribution in [0, 0.1) is 12.8 Å². The minimum atomic E-state index is -3.55. The molecule has 0 aliphatic rings. The van der Waals surface area contributed by atoms with Gasteiger partial charge in [0.05, 0.1) is 5.75 Å². The van der Waals surface area contributed by atoms with Crippen LogP contribution >= 0.6 is 11.6 Å². The van der Waals surface area contributed by atoms with Gasteiger partial charge in [-0.2, -0.15) is 0 Å². The lowest BCUT2D eigenvalue weighted by molar-refractivity contribution is 0.372. The molecule has 2 aromatic rings. The molecule has 6 nitrogen and oxygen atoms in total.